The number of fused-ring (bicyclic) bond motifs is 1. The van der Waals surface area contributed by atoms with Crippen LogP contribution in [0.25, 0.3) is 11.1 Å². The molecule has 0 saturated carbocycles. The van der Waals surface area contributed by atoms with Crippen molar-refractivity contribution in [2.75, 3.05) is 6.61 Å². The van der Waals surface area contributed by atoms with E-state index in [4.69, 9.17) is 9.52 Å². The number of hydrogen-bond acceptors (Lipinski definition) is 4. The topological polar surface area (TPSA) is 66.5 Å². The molecule has 1 heterocycles. The third kappa shape index (κ3) is 2.48. The van der Waals surface area contributed by atoms with Crippen LogP contribution in [0.2, 0.25) is 0 Å². The van der Waals surface area contributed by atoms with Crippen LogP contribution in [0, 0.1) is 6.92 Å². The number of aromatic nitrogens is 1. The molecule has 0 amide bonds. The van der Waals surface area contributed by atoms with Crippen LogP contribution in [0.4, 0.5) is 0 Å². The van der Waals surface area contributed by atoms with Crippen LogP contribution in [0.3, 0.4) is 0 Å². The SMILES string of the molecule is Cc1nc2cc(C(C)(O)CCCO)ccc2o1. The van der Waals surface area contributed by atoms with Crippen molar-refractivity contribution in [2.45, 2.75) is 32.3 Å². The van der Waals surface area contributed by atoms with Crippen LogP contribution in [0.5, 0.6) is 0 Å². The molecule has 1 unspecified atom stereocenters. The molecule has 0 aliphatic rings. The largest absolute Gasteiger partial charge is 0.441 e. The third-order valence-electron chi connectivity index (χ3n) is 2.94. The molecule has 0 radical (unpaired) electrons. The molecule has 0 aliphatic heterocycles. The summed E-state index contributed by atoms with van der Waals surface area (Å²) < 4.78 is 5.38. The second-order valence-corrected chi connectivity index (χ2v) is 4.52. The van der Waals surface area contributed by atoms with Gasteiger partial charge in [-0.2, -0.15) is 0 Å². The molecule has 4 heteroatoms. The Hall–Kier alpha value is -1.39. The molecule has 0 saturated heterocycles. The average Bonchev–Trinajstić information content (AvgIpc) is 2.65. The van der Waals surface area contributed by atoms with Gasteiger partial charge in [0.25, 0.3) is 0 Å². The number of aliphatic hydroxyl groups excluding tert-OH is 1. The smallest absolute Gasteiger partial charge is 0.192 e. The Labute approximate surface area is 99.9 Å². The molecule has 0 aliphatic carbocycles. The van der Waals surface area contributed by atoms with Gasteiger partial charge in [-0.05, 0) is 37.5 Å². The van der Waals surface area contributed by atoms with Gasteiger partial charge in [-0.25, -0.2) is 4.98 Å². The maximum Gasteiger partial charge on any atom is 0.192 e. The Morgan fingerprint density at radius 1 is 1.41 bits per heavy atom. The van der Waals surface area contributed by atoms with Crippen molar-refractivity contribution in [3.05, 3.63) is 29.7 Å². The second kappa shape index (κ2) is 4.47. The Morgan fingerprint density at radius 2 is 2.18 bits per heavy atom. The number of rotatable bonds is 4. The van der Waals surface area contributed by atoms with Crippen molar-refractivity contribution >= 4 is 11.1 Å². The summed E-state index contributed by atoms with van der Waals surface area (Å²) in [6, 6.07) is 5.49. The molecular weight excluding hydrogens is 218 g/mol. The van der Waals surface area contributed by atoms with Crippen molar-refractivity contribution in [2.24, 2.45) is 0 Å². The first-order chi connectivity index (χ1) is 8.03. The number of aliphatic hydroxyl groups is 2. The van der Waals surface area contributed by atoms with E-state index in [9.17, 15) is 5.11 Å². The van der Waals surface area contributed by atoms with Crippen LogP contribution in [-0.4, -0.2) is 21.8 Å². The van der Waals surface area contributed by atoms with Gasteiger partial charge in [0.05, 0.1) is 5.60 Å². The molecule has 0 fully saturated rings. The van der Waals surface area contributed by atoms with Crippen molar-refractivity contribution < 1.29 is 14.6 Å². The van der Waals surface area contributed by atoms with Crippen LogP contribution >= 0.6 is 0 Å². The monoisotopic (exact) mass is 235 g/mol. The maximum atomic E-state index is 10.3. The fraction of sp³-hybridized carbons (Fsp3) is 0.462. The number of aryl methyl sites for hydroxylation is 1. The predicted molar refractivity (Wildman–Crippen MR) is 64.6 cm³/mol. The number of hydrogen-bond donors (Lipinski definition) is 2. The van der Waals surface area contributed by atoms with E-state index in [1.807, 2.05) is 18.2 Å². The highest BCUT2D eigenvalue weighted by Crippen LogP contribution is 2.28. The summed E-state index contributed by atoms with van der Waals surface area (Å²) >= 11 is 0. The molecule has 1 aromatic carbocycles. The van der Waals surface area contributed by atoms with E-state index in [0.717, 1.165) is 16.7 Å². The Kier molecular flexibility index (Phi) is 3.17. The molecule has 0 spiro atoms. The fourth-order valence-corrected chi connectivity index (χ4v) is 1.95. The molecular formula is C13H17NO3. The van der Waals surface area contributed by atoms with Crippen molar-refractivity contribution in [3.63, 3.8) is 0 Å². The number of nitrogens with zero attached hydrogens (tertiary/aromatic N) is 1. The van der Waals surface area contributed by atoms with Crippen molar-refractivity contribution in [3.8, 4) is 0 Å². The van der Waals surface area contributed by atoms with Crippen LogP contribution in [0.15, 0.2) is 22.6 Å². The van der Waals surface area contributed by atoms with Gasteiger partial charge in [0.2, 0.25) is 0 Å². The van der Waals surface area contributed by atoms with E-state index in [2.05, 4.69) is 4.98 Å². The number of oxazole rings is 1. The summed E-state index contributed by atoms with van der Waals surface area (Å²) in [5.74, 6) is 0.618. The van der Waals surface area contributed by atoms with Gasteiger partial charge in [0.15, 0.2) is 11.5 Å². The van der Waals surface area contributed by atoms with Gasteiger partial charge in [-0.3, -0.25) is 0 Å². The van der Waals surface area contributed by atoms with Gasteiger partial charge < -0.3 is 14.6 Å². The molecule has 2 aromatic rings. The van der Waals surface area contributed by atoms with Gasteiger partial charge in [0.1, 0.15) is 5.52 Å². The first kappa shape index (κ1) is 12.1. The molecule has 17 heavy (non-hydrogen) atoms. The lowest BCUT2D eigenvalue weighted by Gasteiger charge is -2.23. The van der Waals surface area contributed by atoms with Crippen molar-refractivity contribution in [1.29, 1.82) is 0 Å². The number of benzene rings is 1. The summed E-state index contributed by atoms with van der Waals surface area (Å²) in [5, 5.41) is 19.1. The van der Waals surface area contributed by atoms with Gasteiger partial charge in [-0.15, -0.1) is 0 Å². The first-order valence-electron chi connectivity index (χ1n) is 5.74. The summed E-state index contributed by atoms with van der Waals surface area (Å²) in [5.41, 5.74) is 1.34. The Morgan fingerprint density at radius 3 is 2.88 bits per heavy atom. The van der Waals surface area contributed by atoms with Gasteiger partial charge in [-0.1, -0.05) is 6.07 Å². The minimum Gasteiger partial charge on any atom is -0.441 e. The quantitative estimate of drug-likeness (QED) is 0.851. The zero-order valence-electron chi connectivity index (χ0n) is 10.1. The molecule has 2 N–H and O–H groups in total. The van der Waals surface area contributed by atoms with Crippen LogP contribution in [-0.2, 0) is 5.60 Å². The zero-order valence-corrected chi connectivity index (χ0v) is 10.1. The lowest BCUT2D eigenvalue weighted by atomic mass is 9.91. The van der Waals surface area contributed by atoms with Crippen LogP contribution in [0.1, 0.15) is 31.2 Å². The lowest BCUT2D eigenvalue weighted by molar-refractivity contribution is 0.0404. The standard InChI is InChI=1S/C13H17NO3/c1-9-14-11-8-10(4-5-12(11)17-9)13(2,16)6-3-7-15/h4-5,8,15-16H,3,6-7H2,1-2H3. The second-order valence-electron chi connectivity index (χ2n) is 4.52. The van der Waals surface area contributed by atoms with E-state index in [0.29, 0.717) is 18.7 Å². The Balaban J connectivity index is 2.34. The highest BCUT2D eigenvalue weighted by molar-refractivity contribution is 5.73. The minimum absolute atomic E-state index is 0.0848. The lowest BCUT2D eigenvalue weighted by Crippen LogP contribution is -2.21. The summed E-state index contributed by atoms with van der Waals surface area (Å²) in [7, 11) is 0. The summed E-state index contributed by atoms with van der Waals surface area (Å²) in [6.07, 6.45) is 1.09. The molecule has 4 nitrogen and oxygen atoms in total. The molecule has 1 atom stereocenters. The van der Waals surface area contributed by atoms with E-state index >= 15 is 0 Å². The molecule has 2 rings (SSSR count). The highest BCUT2D eigenvalue weighted by Gasteiger charge is 2.23. The summed E-state index contributed by atoms with van der Waals surface area (Å²) in [4.78, 5) is 4.24. The van der Waals surface area contributed by atoms with Gasteiger partial charge in [0, 0.05) is 13.5 Å². The Bertz CT molecular complexity index is 516. The fourth-order valence-electron chi connectivity index (χ4n) is 1.95. The molecule has 92 valence electrons. The normalized spacial score (nSPS) is 15.1. The maximum absolute atomic E-state index is 10.3. The molecule has 0 bridgehead atoms. The van der Waals surface area contributed by atoms with Crippen LogP contribution < -0.4 is 0 Å². The molecule has 1 aromatic heterocycles. The van der Waals surface area contributed by atoms with Crippen molar-refractivity contribution in [1.82, 2.24) is 4.98 Å². The minimum atomic E-state index is -0.941. The summed E-state index contributed by atoms with van der Waals surface area (Å²) in [6.45, 7) is 3.63. The van der Waals surface area contributed by atoms with Gasteiger partial charge >= 0.3 is 0 Å². The third-order valence-corrected chi connectivity index (χ3v) is 2.94. The zero-order chi connectivity index (χ0) is 12.5. The van der Waals surface area contributed by atoms with E-state index in [-0.39, 0.29) is 6.61 Å². The average molecular weight is 235 g/mol. The predicted octanol–water partition coefficient (Wildman–Crippen LogP) is 2.12. The first-order valence-corrected chi connectivity index (χ1v) is 5.74. The van der Waals surface area contributed by atoms with E-state index < -0.39 is 5.60 Å². The highest BCUT2D eigenvalue weighted by atomic mass is 16.3. The van der Waals surface area contributed by atoms with E-state index in [1.54, 1.807) is 13.8 Å². The van der Waals surface area contributed by atoms with E-state index in [1.165, 1.54) is 0 Å².